The van der Waals surface area contributed by atoms with Crippen LogP contribution in [0, 0.1) is 6.92 Å². The predicted octanol–water partition coefficient (Wildman–Crippen LogP) is 4.31. The Hall–Kier alpha value is -3.18. The van der Waals surface area contributed by atoms with Gasteiger partial charge in [-0.15, -0.1) is 0 Å². The third-order valence-electron chi connectivity index (χ3n) is 4.48. The maximum atomic E-state index is 9.00. The van der Waals surface area contributed by atoms with Crippen molar-refractivity contribution in [3.8, 4) is 22.3 Å². The molecule has 0 amide bonds. The second kappa shape index (κ2) is 10.6. The van der Waals surface area contributed by atoms with Crippen LogP contribution in [0.4, 0.5) is 10.9 Å². The van der Waals surface area contributed by atoms with Gasteiger partial charge in [-0.3, -0.25) is 9.88 Å². The average Bonchev–Trinajstić information content (AvgIpc) is 3.25. The number of ether oxygens (including phenoxy) is 1. The largest absolute Gasteiger partial charge is 0.423 e. The van der Waals surface area contributed by atoms with Gasteiger partial charge in [0.25, 0.3) is 0 Å². The van der Waals surface area contributed by atoms with Crippen LogP contribution in [-0.4, -0.2) is 55.1 Å². The van der Waals surface area contributed by atoms with Gasteiger partial charge in [-0.1, -0.05) is 35.1 Å². The summed E-state index contributed by atoms with van der Waals surface area (Å²) < 4.78 is 5.79. The van der Waals surface area contributed by atoms with Gasteiger partial charge in [-0.25, -0.2) is 15.0 Å². The quantitative estimate of drug-likeness (QED) is 0.359. The van der Waals surface area contributed by atoms with E-state index in [1.807, 2.05) is 37.1 Å². The van der Waals surface area contributed by atoms with Crippen LogP contribution in [0.25, 0.3) is 10.6 Å². The third kappa shape index (κ3) is 6.20. The second-order valence-corrected chi connectivity index (χ2v) is 8.66. The topological polar surface area (TPSA) is 109 Å². The van der Waals surface area contributed by atoms with Gasteiger partial charge in [0.05, 0.1) is 40.3 Å². The molecule has 3 heterocycles. The number of likely N-dealkylation sites (N-methyl/N-ethyl adjacent to an activating group) is 1. The highest BCUT2D eigenvalue weighted by Gasteiger charge is 2.12. The Morgan fingerprint density at radius 3 is 2.73 bits per heavy atom. The highest BCUT2D eigenvalue weighted by molar-refractivity contribution is 7.18. The molecule has 0 unspecified atom stereocenters. The van der Waals surface area contributed by atoms with Gasteiger partial charge < -0.3 is 15.2 Å². The number of aryl methyl sites for hydroxylation is 1. The highest BCUT2D eigenvalue weighted by Crippen LogP contribution is 2.32. The van der Waals surface area contributed by atoms with Crippen LogP contribution in [0.5, 0.6) is 11.8 Å². The van der Waals surface area contributed by atoms with Crippen molar-refractivity contribution in [3.05, 3.63) is 65.3 Å². The molecule has 0 spiro atoms. The fraction of sp³-hybridized carbons (Fsp3) is 0.227. The number of benzene rings is 1. The molecule has 170 valence electrons. The van der Waals surface area contributed by atoms with Crippen LogP contribution in [0.2, 0.25) is 5.02 Å². The summed E-state index contributed by atoms with van der Waals surface area (Å²) in [6.07, 6.45) is 5.10. The van der Waals surface area contributed by atoms with Crippen LogP contribution in [0.3, 0.4) is 0 Å². The summed E-state index contributed by atoms with van der Waals surface area (Å²) in [5.74, 6) is 1.08. The van der Waals surface area contributed by atoms with Gasteiger partial charge in [0, 0.05) is 25.0 Å². The van der Waals surface area contributed by atoms with Crippen molar-refractivity contribution in [3.63, 3.8) is 0 Å². The molecule has 4 rings (SSSR count). The van der Waals surface area contributed by atoms with Crippen molar-refractivity contribution >= 4 is 33.9 Å². The first kappa shape index (κ1) is 23.0. The standard InChI is InChI=1S/C22H22ClN7O2S/c1-14-9-17(28-21(27-14)32-18-6-4-3-5-16(18)23)19-11-26-22(33-19)29-20-12-24-15(10-25-20)13-30(2)7-8-31/h3-6,9-12,31H,7-8,13H2,1-2H3,(H,25,26,29). The summed E-state index contributed by atoms with van der Waals surface area (Å²) in [6.45, 7) is 3.17. The van der Waals surface area contributed by atoms with E-state index in [4.69, 9.17) is 21.4 Å². The fourth-order valence-corrected chi connectivity index (χ4v) is 3.88. The molecule has 0 saturated carbocycles. The zero-order valence-corrected chi connectivity index (χ0v) is 19.6. The molecule has 33 heavy (non-hydrogen) atoms. The smallest absolute Gasteiger partial charge is 0.322 e. The van der Waals surface area contributed by atoms with Crippen molar-refractivity contribution in [1.82, 2.24) is 29.8 Å². The van der Waals surface area contributed by atoms with Crippen molar-refractivity contribution in [2.24, 2.45) is 0 Å². The summed E-state index contributed by atoms with van der Waals surface area (Å²) in [7, 11) is 1.92. The van der Waals surface area contributed by atoms with E-state index in [-0.39, 0.29) is 12.6 Å². The Morgan fingerprint density at radius 2 is 1.97 bits per heavy atom. The number of hydrogen-bond donors (Lipinski definition) is 2. The molecule has 4 aromatic rings. The molecule has 0 saturated heterocycles. The van der Waals surface area contributed by atoms with E-state index in [0.29, 0.717) is 40.5 Å². The minimum atomic E-state index is 0.107. The summed E-state index contributed by atoms with van der Waals surface area (Å²) in [4.78, 5) is 24.9. The van der Waals surface area contributed by atoms with Crippen molar-refractivity contribution < 1.29 is 9.84 Å². The Kier molecular flexibility index (Phi) is 7.40. The lowest BCUT2D eigenvalue weighted by Gasteiger charge is -2.13. The van der Waals surface area contributed by atoms with Gasteiger partial charge in [0.2, 0.25) is 0 Å². The molecule has 0 aliphatic carbocycles. The normalized spacial score (nSPS) is 11.1. The zero-order valence-electron chi connectivity index (χ0n) is 18.1. The van der Waals surface area contributed by atoms with Crippen LogP contribution in [0.1, 0.15) is 11.4 Å². The van der Waals surface area contributed by atoms with Gasteiger partial charge in [-0.2, -0.15) is 4.98 Å². The number of rotatable bonds is 9. The van der Waals surface area contributed by atoms with Crippen LogP contribution < -0.4 is 10.1 Å². The Morgan fingerprint density at radius 1 is 1.12 bits per heavy atom. The van der Waals surface area contributed by atoms with E-state index in [1.165, 1.54) is 11.3 Å². The molecule has 0 atom stereocenters. The molecule has 9 nitrogen and oxygen atoms in total. The van der Waals surface area contributed by atoms with Gasteiger partial charge in [0.15, 0.2) is 10.9 Å². The number of nitrogens with zero attached hydrogens (tertiary/aromatic N) is 6. The third-order valence-corrected chi connectivity index (χ3v) is 5.73. The average molecular weight is 484 g/mol. The number of nitrogens with one attached hydrogen (secondary N) is 1. The van der Waals surface area contributed by atoms with E-state index >= 15 is 0 Å². The van der Waals surface area contributed by atoms with Gasteiger partial charge in [0.1, 0.15) is 5.75 Å². The summed E-state index contributed by atoms with van der Waals surface area (Å²) in [6, 6.07) is 9.26. The predicted molar refractivity (Wildman–Crippen MR) is 128 cm³/mol. The van der Waals surface area contributed by atoms with Crippen molar-refractivity contribution in [2.45, 2.75) is 13.5 Å². The first-order chi connectivity index (χ1) is 16.0. The lowest BCUT2D eigenvalue weighted by molar-refractivity contribution is 0.216. The van der Waals surface area contributed by atoms with E-state index in [0.717, 1.165) is 16.3 Å². The molecule has 11 heteroatoms. The molecule has 0 aliphatic heterocycles. The van der Waals surface area contributed by atoms with Gasteiger partial charge >= 0.3 is 6.01 Å². The minimum absolute atomic E-state index is 0.107. The number of anilines is 2. The number of aromatic nitrogens is 5. The number of hydrogen-bond acceptors (Lipinski definition) is 10. The number of para-hydroxylation sites is 1. The zero-order chi connectivity index (χ0) is 23.2. The SMILES string of the molecule is Cc1cc(-c2cnc(Nc3cnc(CN(C)CCO)cn3)s2)nc(Oc2ccccc2Cl)n1. The number of aliphatic hydroxyl groups excluding tert-OH is 1. The van der Waals surface area contributed by atoms with Crippen molar-refractivity contribution in [1.29, 1.82) is 0 Å². The molecule has 0 bridgehead atoms. The lowest BCUT2D eigenvalue weighted by Crippen LogP contribution is -2.22. The number of halogens is 1. The lowest BCUT2D eigenvalue weighted by atomic mass is 10.3. The molecule has 0 aliphatic rings. The number of aliphatic hydroxyl groups is 1. The molecule has 3 aromatic heterocycles. The monoisotopic (exact) mass is 483 g/mol. The van der Waals surface area contributed by atoms with Gasteiger partial charge in [-0.05, 0) is 32.2 Å². The van der Waals surface area contributed by atoms with Crippen molar-refractivity contribution in [2.75, 3.05) is 25.5 Å². The van der Waals surface area contributed by atoms with Crippen LogP contribution >= 0.6 is 22.9 Å². The Balaban J connectivity index is 1.46. The number of thiazole rings is 1. The first-order valence-corrected chi connectivity index (χ1v) is 11.3. The Labute approximate surface area is 200 Å². The summed E-state index contributed by atoms with van der Waals surface area (Å²) in [5, 5.41) is 13.3. The summed E-state index contributed by atoms with van der Waals surface area (Å²) >= 11 is 7.61. The fourth-order valence-electron chi connectivity index (χ4n) is 2.93. The molecule has 0 fully saturated rings. The molecule has 0 radical (unpaired) electrons. The molecule has 1 aromatic carbocycles. The van der Waals surface area contributed by atoms with E-state index in [1.54, 1.807) is 30.7 Å². The minimum Gasteiger partial charge on any atom is -0.423 e. The first-order valence-electron chi connectivity index (χ1n) is 10.1. The van der Waals surface area contributed by atoms with E-state index in [2.05, 4.69) is 30.2 Å². The Bertz CT molecular complexity index is 1220. The van der Waals surface area contributed by atoms with Crippen LogP contribution in [-0.2, 0) is 6.54 Å². The molecule has 2 N–H and O–H groups in total. The van der Waals surface area contributed by atoms with Crippen LogP contribution in [0.15, 0.2) is 48.9 Å². The molecular weight excluding hydrogens is 462 g/mol. The van der Waals surface area contributed by atoms with E-state index in [9.17, 15) is 0 Å². The maximum absolute atomic E-state index is 9.00. The highest BCUT2D eigenvalue weighted by atomic mass is 35.5. The maximum Gasteiger partial charge on any atom is 0.322 e. The second-order valence-electron chi connectivity index (χ2n) is 7.22. The summed E-state index contributed by atoms with van der Waals surface area (Å²) in [5.41, 5.74) is 2.28. The molecular formula is C22H22ClN7O2S. The van der Waals surface area contributed by atoms with E-state index < -0.39 is 0 Å².